The third-order valence-corrected chi connectivity index (χ3v) is 7.07. The number of carbonyl (C=O) groups excluding carboxylic acids is 1. The van der Waals surface area contributed by atoms with Gasteiger partial charge in [0.25, 0.3) is 5.91 Å². The molecule has 1 aliphatic rings. The van der Waals surface area contributed by atoms with Crippen molar-refractivity contribution >= 4 is 66.4 Å². The number of nitrogens with zero attached hydrogens (tertiary/aromatic N) is 1. The first-order valence-corrected chi connectivity index (χ1v) is 11.8. The minimum Gasteiger partial charge on any atom is -0.506 e. The number of fused-ring (bicyclic) bond motifs is 1. The molecular weight excluding hydrogens is 540 g/mol. The second-order valence-electron chi connectivity index (χ2n) is 7.01. The van der Waals surface area contributed by atoms with Gasteiger partial charge in [-0.2, -0.15) is 0 Å². The second kappa shape index (κ2) is 8.07. The number of amides is 1. The van der Waals surface area contributed by atoms with Crippen LogP contribution in [0, 0.1) is 0 Å². The number of carbonyl (C=O) groups is 1. The van der Waals surface area contributed by atoms with Crippen LogP contribution in [0.15, 0.2) is 75.0 Å². The molecule has 0 atom stereocenters. The summed E-state index contributed by atoms with van der Waals surface area (Å²) in [6.45, 7) is 0. The first-order valence-electron chi connectivity index (χ1n) is 9.36. The average Bonchev–Trinajstić information content (AvgIpc) is 3.38. The van der Waals surface area contributed by atoms with Crippen LogP contribution in [0.4, 0.5) is 5.69 Å². The Bertz CT molecular complexity index is 1340. The molecule has 4 aromatic rings. The van der Waals surface area contributed by atoms with E-state index in [1.165, 1.54) is 0 Å². The highest BCUT2D eigenvalue weighted by molar-refractivity contribution is 9.11. The predicted octanol–water partition coefficient (Wildman–Crippen LogP) is 7.20. The molecule has 0 unspecified atom stereocenters. The SMILES string of the molecule is O=C1Nc2ccc(-c3csc(-c4ccccc4)n3)cc2/C1=C/c1cc(Br)c(O)c(Br)c1. The van der Waals surface area contributed by atoms with Crippen LogP contribution in [0.1, 0.15) is 11.1 Å². The van der Waals surface area contributed by atoms with E-state index in [-0.39, 0.29) is 11.7 Å². The van der Waals surface area contributed by atoms with E-state index in [1.807, 2.05) is 60.0 Å². The van der Waals surface area contributed by atoms with Gasteiger partial charge in [0.05, 0.1) is 14.6 Å². The molecule has 0 spiro atoms. The van der Waals surface area contributed by atoms with E-state index in [2.05, 4.69) is 37.2 Å². The van der Waals surface area contributed by atoms with Crippen LogP contribution in [0.2, 0.25) is 0 Å². The maximum atomic E-state index is 12.6. The number of hydrogen-bond donors (Lipinski definition) is 2. The third kappa shape index (κ3) is 3.84. The molecule has 0 radical (unpaired) electrons. The Morgan fingerprint density at radius 1 is 0.968 bits per heavy atom. The quantitative estimate of drug-likeness (QED) is 0.264. The summed E-state index contributed by atoms with van der Waals surface area (Å²) in [5.74, 6) is -0.0332. The average molecular weight is 554 g/mol. The van der Waals surface area contributed by atoms with E-state index in [1.54, 1.807) is 23.5 Å². The molecule has 1 aliphatic heterocycles. The molecule has 1 aromatic heterocycles. The lowest BCUT2D eigenvalue weighted by Gasteiger charge is -2.05. The minimum absolute atomic E-state index is 0.124. The third-order valence-electron chi connectivity index (χ3n) is 4.97. The van der Waals surface area contributed by atoms with Gasteiger partial charge < -0.3 is 10.4 Å². The molecule has 0 saturated heterocycles. The second-order valence-corrected chi connectivity index (χ2v) is 9.58. The first kappa shape index (κ1) is 20.2. The number of thiazole rings is 1. The summed E-state index contributed by atoms with van der Waals surface area (Å²) >= 11 is 8.28. The van der Waals surface area contributed by atoms with E-state index in [4.69, 9.17) is 4.98 Å². The standard InChI is InChI=1S/C24H14Br2N2O2S/c25-18-9-13(10-19(26)22(18)29)8-17-16-11-15(6-7-20(16)27-23(17)30)21-12-31-24(28-21)14-4-2-1-3-5-14/h1-12,29H,(H,27,30)/b17-8-. The zero-order valence-corrected chi connectivity index (χ0v) is 19.9. The topological polar surface area (TPSA) is 62.2 Å². The minimum atomic E-state index is -0.157. The molecule has 3 aromatic carbocycles. The number of rotatable bonds is 3. The zero-order chi connectivity index (χ0) is 21.5. The fourth-order valence-electron chi connectivity index (χ4n) is 3.45. The molecule has 0 saturated carbocycles. The van der Waals surface area contributed by atoms with Gasteiger partial charge in [-0.25, -0.2) is 4.98 Å². The van der Waals surface area contributed by atoms with Crippen molar-refractivity contribution in [2.24, 2.45) is 0 Å². The molecule has 152 valence electrons. The Balaban J connectivity index is 1.54. The van der Waals surface area contributed by atoms with Gasteiger partial charge in [0.15, 0.2) is 0 Å². The molecule has 7 heteroatoms. The normalized spacial score (nSPS) is 14.0. The van der Waals surface area contributed by atoms with Crippen molar-refractivity contribution < 1.29 is 9.90 Å². The summed E-state index contributed by atoms with van der Waals surface area (Å²) in [4.78, 5) is 17.4. The van der Waals surface area contributed by atoms with Crippen molar-refractivity contribution in [1.82, 2.24) is 4.98 Å². The lowest BCUT2D eigenvalue weighted by Crippen LogP contribution is -2.03. The number of nitrogens with one attached hydrogen (secondary N) is 1. The maximum absolute atomic E-state index is 12.6. The molecular formula is C24H14Br2N2O2S. The Morgan fingerprint density at radius 3 is 2.45 bits per heavy atom. The number of halogens is 2. The van der Waals surface area contributed by atoms with Crippen LogP contribution in [0.25, 0.3) is 33.5 Å². The van der Waals surface area contributed by atoms with E-state index in [9.17, 15) is 9.90 Å². The highest BCUT2D eigenvalue weighted by atomic mass is 79.9. The fourth-order valence-corrected chi connectivity index (χ4v) is 5.50. The summed E-state index contributed by atoms with van der Waals surface area (Å²) in [6, 6.07) is 19.5. The van der Waals surface area contributed by atoms with Crippen LogP contribution in [0.5, 0.6) is 5.75 Å². The van der Waals surface area contributed by atoms with Crippen molar-refractivity contribution in [3.05, 3.63) is 86.1 Å². The number of anilines is 1. The van der Waals surface area contributed by atoms with E-state index in [0.29, 0.717) is 14.5 Å². The summed E-state index contributed by atoms with van der Waals surface area (Å²) in [5, 5.41) is 15.9. The van der Waals surface area contributed by atoms with Crippen LogP contribution >= 0.6 is 43.2 Å². The summed E-state index contributed by atoms with van der Waals surface area (Å²) in [6.07, 6.45) is 1.82. The Morgan fingerprint density at radius 2 is 1.71 bits per heavy atom. The van der Waals surface area contributed by atoms with Gasteiger partial charge in [-0.15, -0.1) is 11.3 Å². The Kier molecular flexibility index (Phi) is 5.25. The van der Waals surface area contributed by atoms with Crippen LogP contribution in [-0.4, -0.2) is 16.0 Å². The predicted molar refractivity (Wildman–Crippen MR) is 133 cm³/mol. The number of phenols is 1. The first-order chi connectivity index (χ1) is 15.0. The molecule has 5 rings (SSSR count). The molecule has 0 bridgehead atoms. The summed E-state index contributed by atoms with van der Waals surface area (Å²) < 4.78 is 1.11. The van der Waals surface area contributed by atoms with Gasteiger partial charge in [-0.1, -0.05) is 36.4 Å². The van der Waals surface area contributed by atoms with Gasteiger partial charge in [0.2, 0.25) is 0 Å². The van der Waals surface area contributed by atoms with Gasteiger partial charge in [0.1, 0.15) is 10.8 Å². The highest BCUT2D eigenvalue weighted by Gasteiger charge is 2.25. The molecule has 0 fully saturated rings. The Labute approximate surface area is 199 Å². The van der Waals surface area contributed by atoms with Crippen molar-refractivity contribution in [1.29, 1.82) is 0 Å². The van der Waals surface area contributed by atoms with Crippen molar-refractivity contribution in [2.75, 3.05) is 5.32 Å². The number of aromatic nitrogens is 1. The molecule has 1 amide bonds. The van der Waals surface area contributed by atoms with Crippen molar-refractivity contribution in [3.8, 4) is 27.6 Å². The molecule has 4 nitrogen and oxygen atoms in total. The molecule has 31 heavy (non-hydrogen) atoms. The largest absolute Gasteiger partial charge is 0.506 e. The van der Waals surface area contributed by atoms with Crippen molar-refractivity contribution in [2.45, 2.75) is 0 Å². The van der Waals surface area contributed by atoms with E-state index in [0.717, 1.165) is 38.6 Å². The summed E-state index contributed by atoms with van der Waals surface area (Å²) in [5.41, 5.74) is 5.88. The summed E-state index contributed by atoms with van der Waals surface area (Å²) in [7, 11) is 0. The van der Waals surface area contributed by atoms with Crippen LogP contribution in [-0.2, 0) is 4.79 Å². The Hall–Kier alpha value is -2.74. The van der Waals surface area contributed by atoms with Gasteiger partial charge in [-0.05, 0) is 67.8 Å². The van der Waals surface area contributed by atoms with Gasteiger partial charge >= 0.3 is 0 Å². The number of aromatic hydroxyl groups is 1. The molecule has 0 aliphatic carbocycles. The molecule has 2 heterocycles. The number of hydrogen-bond acceptors (Lipinski definition) is 4. The monoisotopic (exact) mass is 552 g/mol. The van der Waals surface area contributed by atoms with E-state index < -0.39 is 0 Å². The van der Waals surface area contributed by atoms with Crippen LogP contribution in [0.3, 0.4) is 0 Å². The van der Waals surface area contributed by atoms with Crippen LogP contribution < -0.4 is 5.32 Å². The van der Waals surface area contributed by atoms with Gasteiger partial charge in [-0.3, -0.25) is 4.79 Å². The van der Waals surface area contributed by atoms with E-state index >= 15 is 0 Å². The lowest BCUT2D eigenvalue weighted by atomic mass is 10.0. The van der Waals surface area contributed by atoms with Crippen molar-refractivity contribution in [3.63, 3.8) is 0 Å². The highest BCUT2D eigenvalue weighted by Crippen LogP contribution is 2.39. The number of benzene rings is 3. The fraction of sp³-hybridized carbons (Fsp3) is 0. The molecule has 2 N–H and O–H groups in total. The van der Waals surface area contributed by atoms with Gasteiger partial charge in [0, 0.05) is 33.3 Å². The number of phenolic OH excluding ortho intramolecular Hbond substituents is 1. The smallest absolute Gasteiger partial charge is 0.256 e. The zero-order valence-electron chi connectivity index (χ0n) is 15.9. The lowest BCUT2D eigenvalue weighted by molar-refractivity contribution is -0.110. The maximum Gasteiger partial charge on any atom is 0.256 e.